The van der Waals surface area contributed by atoms with Crippen LogP contribution < -0.4 is 14.8 Å². The molecule has 158 valence electrons. The molecule has 7 nitrogen and oxygen atoms in total. The van der Waals surface area contributed by atoms with Crippen LogP contribution in [0.3, 0.4) is 0 Å². The summed E-state index contributed by atoms with van der Waals surface area (Å²) >= 11 is 0. The summed E-state index contributed by atoms with van der Waals surface area (Å²) in [6.45, 7) is 9.53. The van der Waals surface area contributed by atoms with E-state index < -0.39 is 0 Å². The van der Waals surface area contributed by atoms with Crippen LogP contribution in [-0.2, 0) is 11.2 Å². The van der Waals surface area contributed by atoms with Crippen molar-refractivity contribution < 1.29 is 14.3 Å². The van der Waals surface area contributed by atoms with Gasteiger partial charge in [-0.05, 0) is 57.4 Å². The topological polar surface area (TPSA) is 78.3 Å². The number of hydrogen-bond donors (Lipinski definition) is 1. The Balaban J connectivity index is 1.46. The van der Waals surface area contributed by atoms with Crippen LogP contribution >= 0.6 is 0 Å². The molecular weight excluding hydrogens is 380 g/mol. The van der Waals surface area contributed by atoms with Crippen LogP contribution in [0.25, 0.3) is 11.0 Å². The second-order valence-corrected chi connectivity index (χ2v) is 7.98. The predicted octanol–water partition coefficient (Wildman–Crippen LogP) is 4.36. The van der Waals surface area contributed by atoms with Gasteiger partial charge in [-0.15, -0.1) is 0 Å². The van der Waals surface area contributed by atoms with E-state index in [1.54, 1.807) is 0 Å². The van der Waals surface area contributed by atoms with Gasteiger partial charge in [-0.2, -0.15) is 5.10 Å². The number of hydrogen-bond acceptors (Lipinski definition) is 5. The Morgan fingerprint density at radius 2 is 1.97 bits per heavy atom. The van der Waals surface area contributed by atoms with Crippen LogP contribution in [0.1, 0.15) is 49.6 Å². The van der Waals surface area contributed by atoms with Crippen molar-refractivity contribution in [2.45, 2.75) is 53.0 Å². The van der Waals surface area contributed by atoms with Crippen molar-refractivity contribution in [3.8, 4) is 11.5 Å². The molecule has 2 aromatic heterocycles. The number of aromatic nitrogens is 3. The summed E-state index contributed by atoms with van der Waals surface area (Å²) in [5.41, 5.74) is 4.82. The van der Waals surface area contributed by atoms with E-state index in [-0.39, 0.29) is 11.9 Å². The standard InChI is InChI=1S/C23H28N4O3/c1-14(2)27-23-19(13-24-27)15(3)18(16(4)25-23)7-9-22(28)26-17-6-8-20-21(12-17)30-11-5-10-29-20/h6,8,12-14H,5,7,9-11H2,1-4H3,(H,26,28). The minimum Gasteiger partial charge on any atom is -0.490 e. The predicted molar refractivity (Wildman–Crippen MR) is 116 cm³/mol. The van der Waals surface area contributed by atoms with Gasteiger partial charge in [-0.3, -0.25) is 4.79 Å². The van der Waals surface area contributed by atoms with Gasteiger partial charge in [0.05, 0.1) is 19.4 Å². The fraction of sp³-hybridized carbons (Fsp3) is 0.435. The molecule has 0 unspecified atom stereocenters. The van der Waals surface area contributed by atoms with E-state index in [0.717, 1.165) is 40.0 Å². The van der Waals surface area contributed by atoms with Gasteiger partial charge >= 0.3 is 0 Å². The fourth-order valence-electron chi connectivity index (χ4n) is 3.84. The fourth-order valence-corrected chi connectivity index (χ4v) is 3.84. The number of anilines is 1. The van der Waals surface area contributed by atoms with E-state index in [4.69, 9.17) is 14.5 Å². The van der Waals surface area contributed by atoms with E-state index in [0.29, 0.717) is 37.5 Å². The highest BCUT2D eigenvalue weighted by molar-refractivity contribution is 5.91. The van der Waals surface area contributed by atoms with Gasteiger partial charge < -0.3 is 14.8 Å². The van der Waals surface area contributed by atoms with Crippen molar-refractivity contribution in [3.05, 3.63) is 41.2 Å². The van der Waals surface area contributed by atoms with Crippen LogP contribution in [0.15, 0.2) is 24.4 Å². The Hall–Kier alpha value is -3.09. The second-order valence-electron chi connectivity index (χ2n) is 7.98. The van der Waals surface area contributed by atoms with E-state index in [9.17, 15) is 4.79 Å². The molecule has 0 saturated heterocycles. The van der Waals surface area contributed by atoms with Crippen molar-refractivity contribution in [1.29, 1.82) is 0 Å². The molecule has 0 aliphatic carbocycles. The zero-order valence-corrected chi connectivity index (χ0v) is 18.0. The zero-order chi connectivity index (χ0) is 21.3. The van der Waals surface area contributed by atoms with Crippen molar-refractivity contribution in [1.82, 2.24) is 14.8 Å². The number of amides is 1. The average molecular weight is 409 g/mol. The molecule has 0 spiro atoms. The number of pyridine rings is 1. The monoisotopic (exact) mass is 408 g/mol. The van der Waals surface area contributed by atoms with Crippen LogP contribution in [0.5, 0.6) is 11.5 Å². The van der Waals surface area contributed by atoms with Gasteiger partial charge in [0.2, 0.25) is 5.91 Å². The van der Waals surface area contributed by atoms with Crippen molar-refractivity contribution in [3.63, 3.8) is 0 Å². The number of carbonyl (C=O) groups excluding carboxylic acids is 1. The lowest BCUT2D eigenvalue weighted by atomic mass is 10.0. The Bertz CT molecular complexity index is 1090. The van der Waals surface area contributed by atoms with Gasteiger partial charge in [0.1, 0.15) is 0 Å². The number of nitrogens with one attached hydrogen (secondary N) is 1. The Kier molecular flexibility index (Phi) is 5.61. The second kappa shape index (κ2) is 8.34. The smallest absolute Gasteiger partial charge is 0.224 e. The molecule has 1 aromatic carbocycles. The summed E-state index contributed by atoms with van der Waals surface area (Å²) in [6, 6.07) is 5.76. The van der Waals surface area contributed by atoms with E-state index in [1.165, 1.54) is 0 Å². The number of benzene rings is 1. The van der Waals surface area contributed by atoms with Crippen molar-refractivity contribution in [2.24, 2.45) is 0 Å². The first kappa shape index (κ1) is 20.2. The summed E-state index contributed by atoms with van der Waals surface area (Å²) in [5.74, 6) is 1.35. The normalized spacial score (nSPS) is 13.5. The lowest BCUT2D eigenvalue weighted by molar-refractivity contribution is -0.116. The molecule has 1 amide bonds. The van der Waals surface area contributed by atoms with E-state index >= 15 is 0 Å². The van der Waals surface area contributed by atoms with Crippen molar-refractivity contribution >= 4 is 22.6 Å². The maximum Gasteiger partial charge on any atom is 0.224 e. The maximum absolute atomic E-state index is 12.6. The molecular formula is C23H28N4O3. The molecule has 1 N–H and O–H groups in total. The SMILES string of the molecule is Cc1nc2c(cnn2C(C)C)c(C)c1CCC(=O)Nc1ccc2c(c1)OCCCO2. The van der Waals surface area contributed by atoms with Crippen molar-refractivity contribution in [2.75, 3.05) is 18.5 Å². The highest BCUT2D eigenvalue weighted by atomic mass is 16.5. The molecule has 1 aliphatic rings. The van der Waals surface area contributed by atoms with Gasteiger partial charge in [0, 0.05) is 41.7 Å². The summed E-state index contributed by atoms with van der Waals surface area (Å²) in [5, 5.41) is 8.50. The Morgan fingerprint density at radius 1 is 1.20 bits per heavy atom. The zero-order valence-electron chi connectivity index (χ0n) is 18.0. The molecule has 0 radical (unpaired) electrons. The molecule has 4 rings (SSSR count). The van der Waals surface area contributed by atoms with Gasteiger partial charge in [0.15, 0.2) is 17.1 Å². The number of rotatable bonds is 5. The van der Waals surface area contributed by atoms with Crippen LogP contribution in [0.2, 0.25) is 0 Å². The number of ether oxygens (including phenoxy) is 2. The van der Waals surface area contributed by atoms with Gasteiger partial charge in [-0.1, -0.05) is 0 Å². The van der Waals surface area contributed by atoms with E-state index in [1.807, 2.05) is 36.0 Å². The largest absolute Gasteiger partial charge is 0.490 e. The van der Waals surface area contributed by atoms with Gasteiger partial charge in [-0.25, -0.2) is 9.67 Å². The molecule has 0 saturated carbocycles. The van der Waals surface area contributed by atoms with Crippen LogP contribution in [-0.4, -0.2) is 33.9 Å². The summed E-state index contributed by atoms with van der Waals surface area (Å²) in [4.78, 5) is 17.4. The van der Waals surface area contributed by atoms with Crippen LogP contribution in [0.4, 0.5) is 5.69 Å². The number of nitrogens with zero attached hydrogens (tertiary/aromatic N) is 3. The highest BCUT2D eigenvalue weighted by Crippen LogP contribution is 2.32. The first-order valence-electron chi connectivity index (χ1n) is 10.5. The third-order valence-corrected chi connectivity index (χ3v) is 5.46. The van der Waals surface area contributed by atoms with Gasteiger partial charge in [0.25, 0.3) is 0 Å². The quantitative estimate of drug-likeness (QED) is 0.679. The lowest BCUT2D eigenvalue weighted by Gasteiger charge is -2.13. The highest BCUT2D eigenvalue weighted by Gasteiger charge is 2.16. The summed E-state index contributed by atoms with van der Waals surface area (Å²) < 4.78 is 13.3. The first-order chi connectivity index (χ1) is 14.4. The summed E-state index contributed by atoms with van der Waals surface area (Å²) in [6.07, 6.45) is 3.73. The number of fused-ring (bicyclic) bond motifs is 2. The molecule has 30 heavy (non-hydrogen) atoms. The molecule has 1 aliphatic heterocycles. The maximum atomic E-state index is 12.6. The lowest BCUT2D eigenvalue weighted by Crippen LogP contribution is -2.13. The number of aryl methyl sites for hydroxylation is 2. The third-order valence-electron chi connectivity index (χ3n) is 5.46. The molecule has 3 heterocycles. The van der Waals surface area contributed by atoms with E-state index in [2.05, 4.69) is 31.2 Å². The molecule has 0 atom stereocenters. The van der Waals surface area contributed by atoms with Crippen LogP contribution in [0, 0.1) is 13.8 Å². The molecule has 3 aromatic rings. The summed E-state index contributed by atoms with van der Waals surface area (Å²) in [7, 11) is 0. The Morgan fingerprint density at radius 3 is 2.73 bits per heavy atom. The molecule has 7 heteroatoms. The average Bonchev–Trinajstić information content (AvgIpc) is 2.99. The Labute approximate surface area is 176 Å². The molecule has 0 bridgehead atoms. The minimum atomic E-state index is -0.0405. The minimum absolute atomic E-state index is 0.0405. The third kappa shape index (κ3) is 3.97. The molecule has 0 fully saturated rings. The number of carbonyl (C=O) groups is 1. The first-order valence-corrected chi connectivity index (χ1v) is 10.5.